The van der Waals surface area contributed by atoms with E-state index in [1.807, 2.05) is 6.92 Å². The molecule has 1 rings (SSSR count). The smallest absolute Gasteiger partial charge is 0.211 e. The van der Waals surface area contributed by atoms with Crippen molar-refractivity contribution in [1.82, 2.24) is 14.5 Å². The van der Waals surface area contributed by atoms with Gasteiger partial charge in [-0.2, -0.15) is 0 Å². The van der Waals surface area contributed by atoms with E-state index < -0.39 is 10.0 Å². The van der Waals surface area contributed by atoms with Crippen LogP contribution in [0.25, 0.3) is 0 Å². The molecule has 0 radical (unpaired) electrons. The predicted molar refractivity (Wildman–Crippen MR) is 89.0 cm³/mol. The molecule has 126 valence electrons. The summed E-state index contributed by atoms with van der Waals surface area (Å²) in [6.07, 6.45) is 4.70. The molecule has 0 aromatic heterocycles. The summed E-state index contributed by atoms with van der Waals surface area (Å²) in [5.41, 5.74) is 0. The first kappa shape index (κ1) is 18.9. The lowest BCUT2D eigenvalue weighted by Crippen LogP contribution is -2.42. The minimum absolute atomic E-state index is 0.525. The molecule has 1 unspecified atom stereocenters. The SMILES string of the molecule is CCN1CCC(C(C)NCCCN(CC)S(C)(=O)=O)CC1. The molecule has 21 heavy (non-hydrogen) atoms. The highest BCUT2D eigenvalue weighted by Gasteiger charge is 2.22. The number of hydrogen-bond acceptors (Lipinski definition) is 4. The van der Waals surface area contributed by atoms with Crippen LogP contribution in [0.5, 0.6) is 0 Å². The maximum Gasteiger partial charge on any atom is 0.211 e. The Kier molecular flexibility index (Phi) is 8.16. The average molecular weight is 320 g/mol. The van der Waals surface area contributed by atoms with Gasteiger partial charge in [-0.25, -0.2) is 12.7 Å². The number of hydrogen-bond donors (Lipinski definition) is 1. The van der Waals surface area contributed by atoms with E-state index in [1.54, 1.807) is 4.31 Å². The van der Waals surface area contributed by atoms with Gasteiger partial charge in [0.1, 0.15) is 0 Å². The summed E-state index contributed by atoms with van der Waals surface area (Å²) < 4.78 is 24.5. The van der Waals surface area contributed by atoms with E-state index in [4.69, 9.17) is 0 Å². The van der Waals surface area contributed by atoms with Crippen molar-refractivity contribution in [1.29, 1.82) is 0 Å². The number of nitrogens with one attached hydrogen (secondary N) is 1. The van der Waals surface area contributed by atoms with Crippen molar-refractivity contribution in [3.8, 4) is 0 Å². The van der Waals surface area contributed by atoms with Gasteiger partial charge in [0, 0.05) is 19.1 Å². The molecule has 0 spiro atoms. The highest BCUT2D eigenvalue weighted by Crippen LogP contribution is 2.20. The first-order chi connectivity index (χ1) is 9.88. The largest absolute Gasteiger partial charge is 0.314 e. The molecule has 0 amide bonds. The maximum atomic E-state index is 11.5. The van der Waals surface area contributed by atoms with Crippen LogP contribution in [0.4, 0.5) is 0 Å². The van der Waals surface area contributed by atoms with Gasteiger partial charge in [0.15, 0.2) is 0 Å². The monoisotopic (exact) mass is 319 g/mol. The molecule has 6 heteroatoms. The van der Waals surface area contributed by atoms with Crippen molar-refractivity contribution in [2.45, 2.75) is 46.1 Å². The van der Waals surface area contributed by atoms with Gasteiger partial charge >= 0.3 is 0 Å². The summed E-state index contributed by atoms with van der Waals surface area (Å²) in [5, 5.41) is 3.58. The lowest BCUT2D eigenvalue weighted by atomic mass is 9.90. The Morgan fingerprint density at radius 3 is 2.38 bits per heavy atom. The summed E-state index contributed by atoms with van der Waals surface area (Å²) in [6, 6.07) is 0.525. The molecular formula is C15H33N3O2S. The van der Waals surface area contributed by atoms with Gasteiger partial charge in [0.2, 0.25) is 10.0 Å². The molecule has 1 aliphatic heterocycles. The second-order valence-electron chi connectivity index (χ2n) is 6.12. The third-order valence-corrected chi connectivity index (χ3v) is 6.04. The van der Waals surface area contributed by atoms with Crippen LogP contribution >= 0.6 is 0 Å². The van der Waals surface area contributed by atoms with Gasteiger partial charge in [0.05, 0.1) is 6.26 Å². The van der Waals surface area contributed by atoms with E-state index in [-0.39, 0.29) is 0 Å². The van der Waals surface area contributed by atoms with Crippen molar-refractivity contribution in [2.75, 3.05) is 45.5 Å². The number of sulfonamides is 1. The zero-order valence-corrected chi connectivity index (χ0v) is 15.0. The van der Waals surface area contributed by atoms with Crippen LogP contribution in [0.1, 0.15) is 40.0 Å². The van der Waals surface area contributed by atoms with Crippen LogP contribution in [-0.4, -0.2) is 69.2 Å². The van der Waals surface area contributed by atoms with Gasteiger partial charge in [-0.1, -0.05) is 13.8 Å². The topological polar surface area (TPSA) is 52.6 Å². The molecule has 1 fully saturated rings. The molecule has 1 heterocycles. The van der Waals surface area contributed by atoms with Crippen LogP contribution in [0.3, 0.4) is 0 Å². The quantitative estimate of drug-likeness (QED) is 0.652. The predicted octanol–water partition coefficient (Wildman–Crippen LogP) is 1.37. The number of nitrogens with zero attached hydrogens (tertiary/aromatic N) is 2. The molecule has 0 saturated carbocycles. The van der Waals surface area contributed by atoms with Gasteiger partial charge in [-0.15, -0.1) is 0 Å². The molecule has 1 saturated heterocycles. The Hall–Kier alpha value is -0.170. The number of piperidine rings is 1. The van der Waals surface area contributed by atoms with Crippen molar-refractivity contribution >= 4 is 10.0 Å². The zero-order valence-electron chi connectivity index (χ0n) is 14.1. The summed E-state index contributed by atoms with van der Waals surface area (Å²) in [4.78, 5) is 2.51. The fourth-order valence-electron chi connectivity index (χ4n) is 3.08. The van der Waals surface area contributed by atoms with Crippen LogP contribution in [0.2, 0.25) is 0 Å². The van der Waals surface area contributed by atoms with Crippen LogP contribution < -0.4 is 5.32 Å². The van der Waals surface area contributed by atoms with E-state index in [0.29, 0.717) is 19.1 Å². The van der Waals surface area contributed by atoms with E-state index in [1.165, 1.54) is 32.2 Å². The Balaban J connectivity index is 2.20. The molecule has 1 atom stereocenters. The third kappa shape index (κ3) is 6.63. The Labute approximate surface area is 131 Å². The molecule has 5 nitrogen and oxygen atoms in total. The fourth-order valence-corrected chi connectivity index (χ4v) is 4.01. The lowest BCUT2D eigenvalue weighted by molar-refractivity contribution is 0.169. The average Bonchev–Trinajstić information content (AvgIpc) is 2.45. The standard InChI is InChI=1S/C15H33N3O2S/c1-5-17-12-8-15(9-13-17)14(3)16-10-7-11-18(6-2)21(4,19)20/h14-16H,5-13H2,1-4H3. The molecule has 0 aromatic rings. The minimum atomic E-state index is -3.05. The van der Waals surface area contributed by atoms with E-state index in [9.17, 15) is 8.42 Å². The van der Waals surface area contributed by atoms with Gasteiger partial charge in [-0.05, 0) is 58.3 Å². The van der Waals surface area contributed by atoms with Gasteiger partial charge in [0.25, 0.3) is 0 Å². The zero-order chi connectivity index (χ0) is 15.9. The first-order valence-corrected chi connectivity index (χ1v) is 10.1. The number of likely N-dealkylation sites (tertiary alicyclic amines) is 1. The molecule has 1 aliphatic rings. The first-order valence-electron chi connectivity index (χ1n) is 8.29. The second-order valence-corrected chi connectivity index (χ2v) is 8.11. The van der Waals surface area contributed by atoms with Crippen LogP contribution in [-0.2, 0) is 10.0 Å². The van der Waals surface area contributed by atoms with E-state index in [2.05, 4.69) is 24.1 Å². The summed E-state index contributed by atoms with van der Waals surface area (Å²) in [6.45, 7) is 12.0. The third-order valence-electron chi connectivity index (χ3n) is 4.66. The van der Waals surface area contributed by atoms with Gasteiger partial charge in [-0.3, -0.25) is 0 Å². The minimum Gasteiger partial charge on any atom is -0.314 e. The van der Waals surface area contributed by atoms with Crippen LogP contribution in [0.15, 0.2) is 0 Å². The van der Waals surface area contributed by atoms with E-state index in [0.717, 1.165) is 25.4 Å². The van der Waals surface area contributed by atoms with Crippen molar-refractivity contribution in [2.24, 2.45) is 5.92 Å². The van der Waals surface area contributed by atoms with Crippen molar-refractivity contribution in [3.63, 3.8) is 0 Å². The summed E-state index contributed by atoms with van der Waals surface area (Å²) in [7, 11) is -3.05. The number of rotatable bonds is 9. The normalized spacial score (nSPS) is 20.0. The fraction of sp³-hybridized carbons (Fsp3) is 1.00. The van der Waals surface area contributed by atoms with E-state index >= 15 is 0 Å². The Bertz CT molecular complexity index is 378. The molecule has 1 N–H and O–H groups in total. The Morgan fingerprint density at radius 2 is 1.90 bits per heavy atom. The highest BCUT2D eigenvalue weighted by molar-refractivity contribution is 7.88. The summed E-state index contributed by atoms with van der Waals surface area (Å²) >= 11 is 0. The second kappa shape index (κ2) is 9.08. The lowest BCUT2D eigenvalue weighted by Gasteiger charge is -2.34. The molecular weight excluding hydrogens is 286 g/mol. The Morgan fingerprint density at radius 1 is 1.29 bits per heavy atom. The molecule has 0 aromatic carbocycles. The molecule has 0 bridgehead atoms. The maximum absolute atomic E-state index is 11.5. The van der Waals surface area contributed by atoms with Crippen molar-refractivity contribution < 1.29 is 8.42 Å². The van der Waals surface area contributed by atoms with Crippen molar-refractivity contribution in [3.05, 3.63) is 0 Å². The summed E-state index contributed by atoms with van der Waals surface area (Å²) in [5.74, 6) is 0.755. The molecule has 0 aliphatic carbocycles. The highest BCUT2D eigenvalue weighted by atomic mass is 32.2. The van der Waals surface area contributed by atoms with Crippen LogP contribution in [0, 0.1) is 5.92 Å². The van der Waals surface area contributed by atoms with Gasteiger partial charge < -0.3 is 10.2 Å².